The summed E-state index contributed by atoms with van der Waals surface area (Å²) in [6, 6.07) is 6.80. The first kappa shape index (κ1) is 8.92. The molecule has 0 aliphatic heterocycles. The highest BCUT2D eigenvalue weighted by molar-refractivity contribution is 6.58. The summed E-state index contributed by atoms with van der Waals surface area (Å²) in [5.41, 5.74) is 1.17. The SMILES string of the molecule is OB(O)c1cccc(-n2ccnn2)c1. The smallest absolute Gasteiger partial charge is 0.423 e. The van der Waals surface area contributed by atoms with E-state index in [1.165, 1.54) is 0 Å². The number of hydrogen-bond donors (Lipinski definition) is 2. The van der Waals surface area contributed by atoms with E-state index in [2.05, 4.69) is 10.3 Å². The summed E-state index contributed by atoms with van der Waals surface area (Å²) in [5.74, 6) is 0. The monoisotopic (exact) mass is 189 g/mol. The van der Waals surface area contributed by atoms with E-state index >= 15 is 0 Å². The Morgan fingerprint density at radius 2 is 2.14 bits per heavy atom. The van der Waals surface area contributed by atoms with Gasteiger partial charge in [0.25, 0.3) is 0 Å². The molecule has 0 atom stereocenters. The normalized spacial score (nSPS) is 10.1. The number of aromatic nitrogens is 3. The summed E-state index contributed by atoms with van der Waals surface area (Å²) < 4.78 is 1.55. The van der Waals surface area contributed by atoms with Crippen molar-refractivity contribution in [3.8, 4) is 5.69 Å². The van der Waals surface area contributed by atoms with Crippen molar-refractivity contribution in [2.75, 3.05) is 0 Å². The van der Waals surface area contributed by atoms with Gasteiger partial charge in [-0.05, 0) is 17.6 Å². The van der Waals surface area contributed by atoms with Crippen molar-refractivity contribution in [2.24, 2.45) is 0 Å². The lowest BCUT2D eigenvalue weighted by atomic mass is 9.80. The van der Waals surface area contributed by atoms with Crippen LogP contribution in [0, 0.1) is 0 Å². The van der Waals surface area contributed by atoms with E-state index in [0.29, 0.717) is 5.46 Å². The third-order valence-electron chi connectivity index (χ3n) is 1.86. The summed E-state index contributed by atoms with van der Waals surface area (Å²) in [6.45, 7) is 0. The van der Waals surface area contributed by atoms with Crippen LogP contribution in [0.4, 0.5) is 0 Å². The maximum absolute atomic E-state index is 8.96. The van der Waals surface area contributed by atoms with Crippen molar-refractivity contribution in [1.82, 2.24) is 15.0 Å². The van der Waals surface area contributed by atoms with Crippen LogP contribution in [0.1, 0.15) is 0 Å². The molecule has 2 rings (SSSR count). The van der Waals surface area contributed by atoms with E-state index in [1.807, 2.05) is 0 Å². The largest absolute Gasteiger partial charge is 0.488 e. The van der Waals surface area contributed by atoms with E-state index in [-0.39, 0.29) is 0 Å². The number of rotatable bonds is 2. The summed E-state index contributed by atoms with van der Waals surface area (Å²) in [7, 11) is -1.46. The fraction of sp³-hybridized carbons (Fsp3) is 0. The van der Waals surface area contributed by atoms with Crippen LogP contribution in [-0.4, -0.2) is 32.2 Å². The molecule has 0 radical (unpaired) electrons. The van der Waals surface area contributed by atoms with Gasteiger partial charge in [-0.2, -0.15) is 0 Å². The molecule has 6 heteroatoms. The van der Waals surface area contributed by atoms with Crippen molar-refractivity contribution < 1.29 is 10.0 Å². The minimum absolute atomic E-state index is 0.429. The average molecular weight is 189 g/mol. The summed E-state index contributed by atoms with van der Waals surface area (Å²) in [6.07, 6.45) is 3.24. The minimum atomic E-state index is -1.46. The highest BCUT2D eigenvalue weighted by Gasteiger charge is 2.11. The van der Waals surface area contributed by atoms with Gasteiger partial charge in [0.2, 0.25) is 0 Å². The first-order chi connectivity index (χ1) is 6.77. The number of nitrogens with zero attached hydrogens (tertiary/aromatic N) is 3. The number of benzene rings is 1. The molecule has 0 aliphatic carbocycles. The van der Waals surface area contributed by atoms with Crippen LogP contribution in [0.5, 0.6) is 0 Å². The molecule has 0 fully saturated rings. The summed E-state index contributed by atoms with van der Waals surface area (Å²) >= 11 is 0. The topological polar surface area (TPSA) is 71.2 Å². The van der Waals surface area contributed by atoms with E-state index in [0.717, 1.165) is 5.69 Å². The summed E-state index contributed by atoms with van der Waals surface area (Å²) in [5, 5.41) is 25.4. The molecular weight excluding hydrogens is 181 g/mol. The molecule has 1 aromatic carbocycles. The van der Waals surface area contributed by atoms with Gasteiger partial charge in [0.05, 0.1) is 18.1 Å². The van der Waals surface area contributed by atoms with Crippen LogP contribution in [0.15, 0.2) is 36.7 Å². The Morgan fingerprint density at radius 3 is 2.79 bits per heavy atom. The fourth-order valence-electron chi connectivity index (χ4n) is 1.17. The van der Waals surface area contributed by atoms with Gasteiger partial charge >= 0.3 is 7.12 Å². The molecule has 1 heterocycles. The van der Waals surface area contributed by atoms with Gasteiger partial charge < -0.3 is 10.0 Å². The standard InChI is InChI=1S/C8H8BN3O2/c13-9(14)7-2-1-3-8(6-7)12-5-4-10-11-12/h1-6,13-14H. The molecule has 0 bridgehead atoms. The average Bonchev–Trinajstić information content (AvgIpc) is 2.71. The predicted molar refractivity (Wildman–Crippen MR) is 51.2 cm³/mol. The van der Waals surface area contributed by atoms with E-state index in [4.69, 9.17) is 10.0 Å². The van der Waals surface area contributed by atoms with Gasteiger partial charge in [-0.1, -0.05) is 17.3 Å². The summed E-state index contributed by atoms with van der Waals surface area (Å²) in [4.78, 5) is 0. The van der Waals surface area contributed by atoms with Crippen LogP contribution < -0.4 is 5.46 Å². The molecule has 70 valence electrons. The maximum atomic E-state index is 8.96. The zero-order valence-corrected chi connectivity index (χ0v) is 7.28. The highest BCUT2D eigenvalue weighted by Crippen LogP contribution is 2.02. The molecular formula is C8H8BN3O2. The molecule has 5 nitrogen and oxygen atoms in total. The number of hydrogen-bond acceptors (Lipinski definition) is 4. The van der Waals surface area contributed by atoms with E-state index < -0.39 is 7.12 Å². The molecule has 2 N–H and O–H groups in total. The lowest BCUT2D eigenvalue weighted by molar-refractivity contribution is 0.425. The Bertz CT molecular complexity index is 416. The quantitative estimate of drug-likeness (QED) is 0.591. The minimum Gasteiger partial charge on any atom is -0.423 e. The van der Waals surface area contributed by atoms with Gasteiger partial charge in [-0.3, -0.25) is 0 Å². The Hall–Kier alpha value is -1.66. The molecule has 0 spiro atoms. The van der Waals surface area contributed by atoms with Crippen LogP contribution in [0.25, 0.3) is 5.69 Å². The first-order valence-corrected chi connectivity index (χ1v) is 4.10. The Labute approximate surface area is 80.8 Å². The van der Waals surface area contributed by atoms with Gasteiger partial charge in [-0.15, -0.1) is 5.10 Å². The predicted octanol–water partition coefficient (Wildman–Crippen LogP) is -1.05. The lowest BCUT2D eigenvalue weighted by Crippen LogP contribution is -2.29. The van der Waals surface area contributed by atoms with Crippen molar-refractivity contribution >= 4 is 12.6 Å². The molecule has 0 unspecified atom stereocenters. The van der Waals surface area contributed by atoms with E-state index in [9.17, 15) is 0 Å². The van der Waals surface area contributed by atoms with Crippen molar-refractivity contribution in [3.63, 3.8) is 0 Å². The third kappa shape index (κ3) is 1.66. The van der Waals surface area contributed by atoms with Gasteiger partial charge in [0.1, 0.15) is 0 Å². The zero-order chi connectivity index (χ0) is 9.97. The molecule has 0 saturated heterocycles. The molecule has 2 aromatic rings. The molecule has 1 aromatic heterocycles. The molecule has 14 heavy (non-hydrogen) atoms. The van der Waals surface area contributed by atoms with Crippen molar-refractivity contribution in [3.05, 3.63) is 36.7 Å². The Kier molecular flexibility index (Phi) is 2.30. The second-order valence-corrected chi connectivity index (χ2v) is 2.82. The van der Waals surface area contributed by atoms with E-state index in [1.54, 1.807) is 41.3 Å². The van der Waals surface area contributed by atoms with Crippen LogP contribution in [-0.2, 0) is 0 Å². The lowest BCUT2D eigenvalue weighted by Gasteiger charge is -2.03. The fourth-order valence-corrected chi connectivity index (χ4v) is 1.17. The van der Waals surface area contributed by atoms with Crippen molar-refractivity contribution in [1.29, 1.82) is 0 Å². The molecule has 0 amide bonds. The Balaban J connectivity index is 2.41. The first-order valence-electron chi connectivity index (χ1n) is 4.10. The third-order valence-corrected chi connectivity index (χ3v) is 1.86. The Morgan fingerprint density at radius 1 is 1.29 bits per heavy atom. The van der Waals surface area contributed by atoms with Crippen molar-refractivity contribution in [2.45, 2.75) is 0 Å². The zero-order valence-electron chi connectivity index (χ0n) is 7.28. The van der Waals surface area contributed by atoms with Crippen LogP contribution in [0.3, 0.4) is 0 Å². The van der Waals surface area contributed by atoms with Gasteiger partial charge in [0.15, 0.2) is 0 Å². The maximum Gasteiger partial charge on any atom is 0.488 e. The van der Waals surface area contributed by atoms with Crippen LogP contribution in [0.2, 0.25) is 0 Å². The van der Waals surface area contributed by atoms with Crippen LogP contribution >= 0.6 is 0 Å². The second-order valence-electron chi connectivity index (χ2n) is 2.82. The van der Waals surface area contributed by atoms with Gasteiger partial charge in [0, 0.05) is 0 Å². The highest BCUT2D eigenvalue weighted by atomic mass is 16.4. The molecule has 0 aliphatic rings. The van der Waals surface area contributed by atoms with Gasteiger partial charge in [-0.25, -0.2) is 4.68 Å². The second kappa shape index (κ2) is 3.61. The molecule has 0 saturated carbocycles.